The van der Waals surface area contributed by atoms with E-state index >= 15 is 0 Å². The molecule has 0 saturated carbocycles. The summed E-state index contributed by atoms with van der Waals surface area (Å²) in [5, 5.41) is 0. The highest BCUT2D eigenvalue weighted by Gasteiger charge is 2.07. The van der Waals surface area contributed by atoms with Crippen LogP contribution in [-0.4, -0.2) is 0 Å². The van der Waals surface area contributed by atoms with Crippen LogP contribution >= 0.6 is 0 Å². The fourth-order valence-electron chi connectivity index (χ4n) is 2.22. The third-order valence-electron chi connectivity index (χ3n) is 3.29. The van der Waals surface area contributed by atoms with Crippen molar-refractivity contribution in [1.82, 2.24) is 0 Å². The molecular weight excluding hydrogens is 180 g/mol. The molecule has 91 valence electrons. The Bertz CT molecular complexity index is 98.6. The van der Waals surface area contributed by atoms with Gasteiger partial charge in [-0.05, 0) is 5.92 Å². The van der Waals surface area contributed by atoms with Crippen molar-refractivity contribution < 1.29 is 0 Å². The maximum atomic E-state index is 3.95. The lowest BCUT2D eigenvalue weighted by Crippen LogP contribution is -2.00. The first-order valence-corrected chi connectivity index (χ1v) is 7.14. The predicted molar refractivity (Wildman–Crippen MR) is 71.0 cm³/mol. The van der Waals surface area contributed by atoms with E-state index in [-0.39, 0.29) is 0 Å². The van der Waals surface area contributed by atoms with Gasteiger partial charge in [-0.1, -0.05) is 91.4 Å². The minimum Gasteiger partial charge on any atom is -0.0654 e. The van der Waals surface area contributed by atoms with Gasteiger partial charge in [0.1, 0.15) is 0 Å². The maximum absolute atomic E-state index is 3.95. The van der Waals surface area contributed by atoms with E-state index in [9.17, 15) is 0 Å². The Morgan fingerprint density at radius 1 is 0.733 bits per heavy atom. The van der Waals surface area contributed by atoms with Gasteiger partial charge in [0.25, 0.3) is 0 Å². The molecule has 1 radical (unpaired) electrons. The molecule has 0 aliphatic heterocycles. The highest BCUT2D eigenvalue weighted by Crippen LogP contribution is 2.22. The Labute approximate surface area is 97.8 Å². The Morgan fingerprint density at radius 3 is 1.93 bits per heavy atom. The summed E-state index contributed by atoms with van der Waals surface area (Å²) in [5.41, 5.74) is 0. The summed E-state index contributed by atoms with van der Waals surface area (Å²) in [5.74, 6) is 1.00. The first kappa shape index (κ1) is 15.0. The van der Waals surface area contributed by atoms with Gasteiger partial charge in [0.2, 0.25) is 0 Å². The highest BCUT2D eigenvalue weighted by atomic mass is 14.1. The van der Waals surface area contributed by atoms with Crippen LogP contribution in [0.4, 0.5) is 0 Å². The SMILES string of the molecule is [CH2]CCCC(CCCC)CCCCCC. The van der Waals surface area contributed by atoms with Crippen molar-refractivity contribution in [2.24, 2.45) is 5.92 Å². The van der Waals surface area contributed by atoms with Gasteiger partial charge >= 0.3 is 0 Å². The Hall–Kier alpha value is 0. The molecule has 0 heterocycles. The topological polar surface area (TPSA) is 0 Å². The van der Waals surface area contributed by atoms with Crippen molar-refractivity contribution in [3.05, 3.63) is 6.92 Å². The Kier molecular flexibility index (Phi) is 12.1. The van der Waals surface area contributed by atoms with E-state index in [2.05, 4.69) is 20.8 Å². The minimum absolute atomic E-state index is 1.00. The molecule has 1 atom stereocenters. The number of hydrogen-bond donors (Lipinski definition) is 0. The van der Waals surface area contributed by atoms with E-state index in [1.165, 1.54) is 64.2 Å². The molecule has 1 unspecified atom stereocenters. The minimum atomic E-state index is 1.00. The predicted octanol–water partition coefficient (Wildman–Crippen LogP) is 5.77. The van der Waals surface area contributed by atoms with E-state index in [1.54, 1.807) is 0 Å². The summed E-state index contributed by atoms with van der Waals surface area (Å²) in [6.07, 6.45) is 15.3. The van der Waals surface area contributed by atoms with Crippen LogP contribution in [0.15, 0.2) is 0 Å². The lowest BCUT2D eigenvalue weighted by Gasteiger charge is -2.15. The second kappa shape index (κ2) is 12.1. The van der Waals surface area contributed by atoms with Crippen molar-refractivity contribution in [1.29, 1.82) is 0 Å². The van der Waals surface area contributed by atoms with Gasteiger partial charge < -0.3 is 0 Å². The molecule has 0 rings (SSSR count). The van der Waals surface area contributed by atoms with E-state index in [4.69, 9.17) is 0 Å². The standard InChI is InChI=1S/C15H31/c1-4-7-10-11-14-15(12-8-5-2)13-9-6-3/h15H,2,4-14H2,1,3H3. The van der Waals surface area contributed by atoms with E-state index < -0.39 is 0 Å². The zero-order chi connectivity index (χ0) is 11.4. The summed E-state index contributed by atoms with van der Waals surface area (Å²) >= 11 is 0. The number of rotatable bonds is 11. The lowest BCUT2D eigenvalue weighted by molar-refractivity contribution is 0.380. The Morgan fingerprint density at radius 2 is 1.33 bits per heavy atom. The first-order chi connectivity index (χ1) is 7.35. The van der Waals surface area contributed by atoms with Gasteiger partial charge in [0, 0.05) is 0 Å². The molecule has 0 nitrogen and oxygen atoms in total. The fourth-order valence-corrected chi connectivity index (χ4v) is 2.22. The molecule has 15 heavy (non-hydrogen) atoms. The van der Waals surface area contributed by atoms with Gasteiger partial charge in [-0.15, -0.1) is 0 Å². The van der Waals surface area contributed by atoms with Gasteiger partial charge in [-0.3, -0.25) is 0 Å². The molecule has 0 spiro atoms. The van der Waals surface area contributed by atoms with E-state index in [0.29, 0.717) is 0 Å². The highest BCUT2D eigenvalue weighted by molar-refractivity contribution is 4.61. The largest absolute Gasteiger partial charge is 0.0654 e. The summed E-state index contributed by atoms with van der Waals surface area (Å²) < 4.78 is 0. The van der Waals surface area contributed by atoms with E-state index in [1.807, 2.05) is 0 Å². The van der Waals surface area contributed by atoms with Gasteiger partial charge in [0.15, 0.2) is 0 Å². The van der Waals surface area contributed by atoms with Crippen molar-refractivity contribution in [2.75, 3.05) is 0 Å². The van der Waals surface area contributed by atoms with Gasteiger partial charge in [-0.2, -0.15) is 0 Å². The normalized spacial score (nSPS) is 11.2. The van der Waals surface area contributed by atoms with Crippen molar-refractivity contribution in [3.63, 3.8) is 0 Å². The molecule has 0 heteroatoms. The van der Waals surface area contributed by atoms with Gasteiger partial charge in [0.05, 0.1) is 0 Å². The van der Waals surface area contributed by atoms with Gasteiger partial charge in [-0.25, -0.2) is 0 Å². The molecule has 0 aliphatic carbocycles. The third kappa shape index (κ3) is 10.3. The summed E-state index contributed by atoms with van der Waals surface area (Å²) in [6.45, 7) is 8.54. The molecule has 0 N–H and O–H groups in total. The van der Waals surface area contributed by atoms with Crippen LogP contribution in [0, 0.1) is 12.8 Å². The molecule has 0 amide bonds. The fraction of sp³-hybridized carbons (Fsp3) is 0.933. The lowest BCUT2D eigenvalue weighted by atomic mass is 9.91. The molecule has 0 saturated heterocycles. The second-order valence-electron chi connectivity index (χ2n) is 4.85. The van der Waals surface area contributed by atoms with Crippen LogP contribution in [0.2, 0.25) is 0 Å². The monoisotopic (exact) mass is 211 g/mol. The molecule has 0 aromatic carbocycles. The summed E-state index contributed by atoms with van der Waals surface area (Å²) in [7, 11) is 0. The van der Waals surface area contributed by atoms with Crippen molar-refractivity contribution in [3.8, 4) is 0 Å². The zero-order valence-electron chi connectivity index (χ0n) is 11.1. The summed E-state index contributed by atoms with van der Waals surface area (Å²) in [6, 6.07) is 0. The summed E-state index contributed by atoms with van der Waals surface area (Å²) in [4.78, 5) is 0. The van der Waals surface area contributed by atoms with Crippen LogP contribution in [0.25, 0.3) is 0 Å². The quantitative estimate of drug-likeness (QED) is 0.381. The smallest absolute Gasteiger partial charge is 0.0414 e. The second-order valence-corrected chi connectivity index (χ2v) is 4.85. The Balaban J connectivity index is 3.49. The molecule has 0 bridgehead atoms. The third-order valence-corrected chi connectivity index (χ3v) is 3.29. The maximum Gasteiger partial charge on any atom is -0.0414 e. The molecule has 0 fully saturated rings. The average Bonchev–Trinajstić information content (AvgIpc) is 2.27. The van der Waals surface area contributed by atoms with Crippen molar-refractivity contribution >= 4 is 0 Å². The molecule has 0 aromatic heterocycles. The number of unbranched alkanes of at least 4 members (excludes halogenated alkanes) is 5. The van der Waals surface area contributed by atoms with Crippen molar-refractivity contribution in [2.45, 2.75) is 84.5 Å². The van der Waals surface area contributed by atoms with Crippen LogP contribution in [-0.2, 0) is 0 Å². The van der Waals surface area contributed by atoms with Crippen LogP contribution in [0.3, 0.4) is 0 Å². The zero-order valence-corrected chi connectivity index (χ0v) is 11.1. The number of hydrogen-bond acceptors (Lipinski definition) is 0. The van der Waals surface area contributed by atoms with Crippen LogP contribution < -0.4 is 0 Å². The van der Waals surface area contributed by atoms with E-state index in [0.717, 1.165) is 12.3 Å². The molecule has 0 aliphatic rings. The average molecular weight is 211 g/mol. The first-order valence-electron chi connectivity index (χ1n) is 7.14. The van der Waals surface area contributed by atoms with Crippen LogP contribution in [0.1, 0.15) is 84.5 Å². The molecular formula is C15H31. The molecule has 0 aromatic rings. The van der Waals surface area contributed by atoms with Crippen LogP contribution in [0.5, 0.6) is 0 Å².